The molecular formula is C14H28N2O. The Kier molecular flexibility index (Phi) is 4.99. The van der Waals surface area contributed by atoms with Crippen LogP contribution >= 0.6 is 0 Å². The summed E-state index contributed by atoms with van der Waals surface area (Å²) in [7, 11) is 0. The van der Waals surface area contributed by atoms with Gasteiger partial charge in [0.15, 0.2) is 0 Å². The van der Waals surface area contributed by atoms with Gasteiger partial charge in [-0.2, -0.15) is 0 Å². The van der Waals surface area contributed by atoms with Crippen molar-refractivity contribution in [2.24, 2.45) is 5.41 Å². The summed E-state index contributed by atoms with van der Waals surface area (Å²) in [5.74, 6) is 0.301. The van der Waals surface area contributed by atoms with E-state index in [0.717, 1.165) is 32.2 Å². The van der Waals surface area contributed by atoms with Gasteiger partial charge in [0.1, 0.15) is 0 Å². The third kappa shape index (κ3) is 4.30. The topological polar surface area (TPSA) is 32.3 Å². The van der Waals surface area contributed by atoms with Gasteiger partial charge in [0.25, 0.3) is 0 Å². The molecule has 1 aliphatic heterocycles. The summed E-state index contributed by atoms with van der Waals surface area (Å²) in [5.41, 5.74) is 0.293. The van der Waals surface area contributed by atoms with Crippen molar-refractivity contribution < 1.29 is 4.79 Å². The van der Waals surface area contributed by atoms with Crippen molar-refractivity contribution in [2.75, 3.05) is 6.54 Å². The van der Waals surface area contributed by atoms with Crippen LogP contribution in [0.15, 0.2) is 0 Å². The molecule has 0 radical (unpaired) electrons. The van der Waals surface area contributed by atoms with Crippen molar-refractivity contribution >= 4 is 5.91 Å². The predicted octanol–water partition coefficient (Wildman–Crippen LogP) is 2.76. The van der Waals surface area contributed by atoms with E-state index in [0.29, 0.717) is 11.3 Å². The van der Waals surface area contributed by atoms with Crippen molar-refractivity contribution in [3.63, 3.8) is 0 Å². The van der Waals surface area contributed by atoms with Crippen LogP contribution in [0.5, 0.6) is 0 Å². The Morgan fingerprint density at radius 3 is 2.53 bits per heavy atom. The first-order valence-electron chi connectivity index (χ1n) is 6.91. The normalized spacial score (nSPS) is 25.7. The van der Waals surface area contributed by atoms with E-state index in [2.05, 4.69) is 39.9 Å². The van der Waals surface area contributed by atoms with Gasteiger partial charge >= 0.3 is 0 Å². The molecule has 0 aromatic rings. The first-order valence-corrected chi connectivity index (χ1v) is 6.91. The third-order valence-corrected chi connectivity index (χ3v) is 3.44. The molecule has 0 bridgehead atoms. The predicted molar refractivity (Wildman–Crippen MR) is 71.7 cm³/mol. The van der Waals surface area contributed by atoms with Crippen LogP contribution in [0.1, 0.15) is 60.3 Å². The Bertz CT molecular complexity index is 257. The SMILES string of the molecule is CCCCC1NC(C)N(CCC(C)(C)C)C1=O. The van der Waals surface area contributed by atoms with Crippen LogP contribution in [0.25, 0.3) is 0 Å². The number of hydrogen-bond acceptors (Lipinski definition) is 2. The molecule has 1 rings (SSSR count). The van der Waals surface area contributed by atoms with Crippen LogP contribution in [0.2, 0.25) is 0 Å². The average molecular weight is 240 g/mol. The number of rotatable bonds is 5. The van der Waals surface area contributed by atoms with Crippen LogP contribution in [-0.4, -0.2) is 29.6 Å². The van der Waals surface area contributed by atoms with Gasteiger partial charge < -0.3 is 4.90 Å². The minimum absolute atomic E-state index is 0.0601. The highest BCUT2D eigenvalue weighted by atomic mass is 16.2. The molecule has 0 aromatic heterocycles. The van der Waals surface area contributed by atoms with Crippen molar-refractivity contribution in [2.45, 2.75) is 72.5 Å². The highest BCUT2D eigenvalue weighted by molar-refractivity contribution is 5.84. The maximum atomic E-state index is 12.2. The number of unbranched alkanes of at least 4 members (excludes halogenated alkanes) is 1. The Labute approximate surface area is 106 Å². The highest BCUT2D eigenvalue weighted by Crippen LogP contribution is 2.22. The average Bonchev–Trinajstić information content (AvgIpc) is 2.47. The Morgan fingerprint density at radius 2 is 2.00 bits per heavy atom. The van der Waals surface area contributed by atoms with E-state index < -0.39 is 0 Å². The maximum absolute atomic E-state index is 12.2. The summed E-state index contributed by atoms with van der Waals surface area (Å²) in [6.07, 6.45) is 4.52. The van der Waals surface area contributed by atoms with Crippen LogP contribution in [0, 0.1) is 5.41 Å². The second kappa shape index (κ2) is 5.85. The van der Waals surface area contributed by atoms with E-state index in [1.165, 1.54) is 0 Å². The van der Waals surface area contributed by atoms with Crippen LogP contribution < -0.4 is 5.32 Å². The lowest BCUT2D eigenvalue weighted by Crippen LogP contribution is -2.36. The quantitative estimate of drug-likeness (QED) is 0.801. The molecule has 0 saturated carbocycles. The molecular weight excluding hydrogens is 212 g/mol. The Balaban J connectivity index is 2.48. The maximum Gasteiger partial charge on any atom is 0.241 e. The Hall–Kier alpha value is -0.570. The fraction of sp³-hybridized carbons (Fsp3) is 0.929. The zero-order valence-corrected chi connectivity index (χ0v) is 12.0. The Morgan fingerprint density at radius 1 is 1.35 bits per heavy atom. The smallest absolute Gasteiger partial charge is 0.241 e. The minimum Gasteiger partial charge on any atom is -0.326 e. The summed E-state index contributed by atoms with van der Waals surface area (Å²) in [6.45, 7) is 11.8. The van der Waals surface area contributed by atoms with Gasteiger partial charge in [-0.05, 0) is 25.2 Å². The van der Waals surface area contributed by atoms with Crippen molar-refractivity contribution in [1.82, 2.24) is 10.2 Å². The van der Waals surface area contributed by atoms with Crippen molar-refractivity contribution in [1.29, 1.82) is 0 Å². The number of nitrogens with zero attached hydrogens (tertiary/aromatic N) is 1. The lowest BCUT2D eigenvalue weighted by molar-refractivity contribution is -0.130. The largest absolute Gasteiger partial charge is 0.326 e. The first kappa shape index (κ1) is 14.5. The highest BCUT2D eigenvalue weighted by Gasteiger charge is 2.35. The second-order valence-electron chi connectivity index (χ2n) is 6.38. The van der Waals surface area contributed by atoms with Gasteiger partial charge in [-0.15, -0.1) is 0 Å². The van der Waals surface area contributed by atoms with E-state index >= 15 is 0 Å². The number of hydrogen-bond donors (Lipinski definition) is 1. The van der Waals surface area contributed by atoms with Gasteiger partial charge in [-0.1, -0.05) is 40.5 Å². The number of carbonyl (C=O) groups excluding carboxylic acids is 1. The molecule has 3 nitrogen and oxygen atoms in total. The summed E-state index contributed by atoms with van der Waals surface area (Å²) in [4.78, 5) is 14.2. The number of amides is 1. The van der Waals surface area contributed by atoms with E-state index in [1.54, 1.807) is 0 Å². The van der Waals surface area contributed by atoms with Gasteiger partial charge in [0, 0.05) is 6.54 Å². The summed E-state index contributed by atoms with van der Waals surface area (Å²) >= 11 is 0. The zero-order valence-electron chi connectivity index (χ0n) is 12.0. The fourth-order valence-electron chi connectivity index (χ4n) is 2.22. The van der Waals surface area contributed by atoms with Crippen LogP contribution in [-0.2, 0) is 4.79 Å². The second-order valence-corrected chi connectivity index (χ2v) is 6.38. The summed E-state index contributed by atoms with van der Waals surface area (Å²) in [6, 6.07) is 0.0601. The van der Waals surface area contributed by atoms with Crippen molar-refractivity contribution in [3.05, 3.63) is 0 Å². The molecule has 1 heterocycles. The van der Waals surface area contributed by atoms with Crippen molar-refractivity contribution in [3.8, 4) is 0 Å². The molecule has 0 aromatic carbocycles. The van der Waals surface area contributed by atoms with Crippen LogP contribution in [0.3, 0.4) is 0 Å². The van der Waals surface area contributed by atoms with E-state index in [1.807, 2.05) is 4.90 Å². The molecule has 0 spiro atoms. The van der Waals surface area contributed by atoms with Gasteiger partial charge in [-0.25, -0.2) is 0 Å². The molecule has 2 unspecified atom stereocenters. The molecule has 1 saturated heterocycles. The third-order valence-electron chi connectivity index (χ3n) is 3.44. The molecule has 3 heteroatoms. The van der Waals surface area contributed by atoms with E-state index in [9.17, 15) is 4.79 Å². The van der Waals surface area contributed by atoms with E-state index in [-0.39, 0.29) is 12.2 Å². The molecule has 1 N–H and O–H groups in total. The summed E-state index contributed by atoms with van der Waals surface area (Å²) in [5, 5.41) is 3.40. The molecule has 1 aliphatic rings. The fourth-order valence-corrected chi connectivity index (χ4v) is 2.22. The lowest BCUT2D eigenvalue weighted by Gasteiger charge is -2.26. The lowest BCUT2D eigenvalue weighted by atomic mass is 9.92. The van der Waals surface area contributed by atoms with Gasteiger partial charge in [0.05, 0.1) is 12.2 Å². The number of carbonyl (C=O) groups is 1. The molecule has 1 amide bonds. The monoisotopic (exact) mass is 240 g/mol. The zero-order chi connectivity index (χ0) is 13.1. The van der Waals surface area contributed by atoms with E-state index in [4.69, 9.17) is 0 Å². The van der Waals surface area contributed by atoms with Gasteiger partial charge in [-0.3, -0.25) is 10.1 Å². The molecule has 100 valence electrons. The molecule has 1 fully saturated rings. The first-order chi connectivity index (χ1) is 7.85. The summed E-state index contributed by atoms with van der Waals surface area (Å²) < 4.78 is 0. The van der Waals surface area contributed by atoms with Crippen LogP contribution in [0.4, 0.5) is 0 Å². The minimum atomic E-state index is 0.0601. The standard InChI is InChI=1S/C14H28N2O/c1-6-7-8-12-13(17)16(11(2)15-12)10-9-14(3,4)5/h11-12,15H,6-10H2,1-5H3. The van der Waals surface area contributed by atoms with Gasteiger partial charge in [0.2, 0.25) is 5.91 Å². The molecule has 17 heavy (non-hydrogen) atoms. The number of nitrogens with one attached hydrogen (secondary N) is 1. The molecule has 0 aliphatic carbocycles. The molecule has 2 atom stereocenters.